The van der Waals surface area contributed by atoms with Crippen molar-refractivity contribution in [2.75, 3.05) is 13.7 Å². The molecule has 1 unspecified atom stereocenters. The maximum atomic E-state index is 5.65. The summed E-state index contributed by atoms with van der Waals surface area (Å²) < 4.78 is 11.1. The van der Waals surface area contributed by atoms with E-state index in [0.717, 1.165) is 25.9 Å². The van der Waals surface area contributed by atoms with Crippen LogP contribution in [0.25, 0.3) is 0 Å². The van der Waals surface area contributed by atoms with Crippen LogP contribution in [-0.4, -0.2) is 19.5 Å². The molecule has 1 fully saturated rings. The molecular formula is C11H20O2. The molecule has 0 aliphatic carbocycles. The van der Waals surface area contributed by atoms with Gasteiger partial charge in [0, 0.05) is 13.5 Å². The maximum absolute atomic E-state index is 5.65. The third-order valence-electron chi connectivity index (χ3n) is 2.44. The van der Waals surface area contributed by atoms with Crippen LogP contribution in [0.5, 0.6) is 0 Å². The van der Waals surface area contributed by atoms with Crippen molar-refractivity contribution in [3.63, 3.8) is 0 Å². The predicted octanol–water partition coefficient (Wildman–Crippen LogP) is 2.89. The predicted molar refractivity (Wildman–Crippen MR) is 53.6 cm³/mol. The minimum atomic E-state index is -0.409. The number of rotatable bonds is 4. The summed E-state index contributed by atoms with van der Waals surface area (Å²) in [6.45, 7) is 3.00. The van der Waals surface area contributed by atoms with Crippen LogP contribution in [0, 0.1) is 0 Å². The van der Waals surface area contributed by atoms with E-state index in [9.17, 15) is 0 Å². The number of unbranched alkanes of at least 4 members (excludes halogenated alkanes) is 1. The second-order valence-corrected chi connectivity index (χ2v) is 3.51. The van der Waals surface area contributed by atoms with Gasteiger partial charge in [0.25, 0.3) is 0 Å². The zero-order valence-corrected chi connectivity index (χ0v) is 8.71. The van der Waals surface area contributed by atoms with Gasteiger partial charge in [-0.25, -0.2) is 0 Å². The highest BCUT2D eigenvalue weighted by Gasteiger charge is 2.29. The first-order valence-electron chi connectivity index (χ1n) is 5.20. The molecule has 1 rings (SSSR count). The van der Waals surface area contributed by atoms with Crippen LogP contribution in [0.2, 0.25) is 0 Å². The van der Waals surface area contributed by atoms with E-state index in [4.69, 9.17) is 9.47 Å². The molecule has 0 saturated carbocycles. The minimum absolute atomic E-state index is 0.409. The second-order valence-electron chi connectivity index (χ2n) is 3.51. The van der Waals surface area contributed by atoms with Crippen molar-refractivity contribution in [1.29, 1.82) is 0 Å². The monoisotopic (exact) mass is 184 g/mol. The molecule has 0 N–H and O–H groups in total. The number of hydrogen-bond donors (Lipinski definition) is 0. The van der Waals surface area contributed by atoms with E-state index in [1.807, 2.05) is 0 Å². The van der Waals surface area contributed by atoms with Gasteiger partial charge in [-0.2, -0.15) is 0 Å². The molecule has 1 heterocycles. The Hall–Kier alpha value is -0.340. The van der Waals surface area contributed by atoms with Gasteiger partial charge >= 0.3 is 0 Å². The highest BCUT2D eigenvalue weighted by molar-refractivity contribution is 4.97. The van der Waals surface area contributed by atoms with E-state index in [1.165, 1.54) is 12.8 Å². The summed E-state index contributed by atoms with van der Waals surface area (Å²) in [6, 6.07) is 0. The number of ether oxygens (including phenoxy) is 2. The Bertz CT molecular complexity index is 157. The highest BCUT2D eigenvalue weighted by Crippen LogP contribution is 2.27. The molecule has 0 bridgehead atoms. The summed E-state index contributed by atoms with van der Waals surface area (Å²) >= 11 is 0. The van der Waals surface area contributed by atoms with Crippen molar-refractivity contribution in [3.8, 4) is 0 Å². The van der Waals surface area contributed by atoms with E-state index in [-0.39, 0.29) is 0 Å². The van der Waals surface area contributed by atoms with Crippen LogP contribution in [-0.2, 0) is 9.47 Å². The molecule has 0 aromatic carbocycles. The fraction of sp³-hybridized carbons (Fsp3) is 0.818. The molecule has 1 saturated heterocycles. The molecule has 13 heavy (non-hydrogen) atoms. The van der Waals surface area contributed by atoms with Crippen LogP contribution in [0.4, 0.5) is 0 Å². The topological polar surface area (TPSA) is 18.5 Å². The first-order chi connectivity index (χ1) is 6.33. The Morgan fingerprint density at radius 3 is 2.85 bits per heavy atom. The van der Waals surface area contributed by atoms with Crippen molar-refractivity contribution in [2.24, 2.45) is 0 Å². The number of allylic oxidation sites excluding steroid dienone is 1. The zero-order valence-electron chi connectivity index (χ0n) is 8.71. The molecule has 1 atom stereocenters. The van der Waals surface area contributed by atoms with Crippen molar-refractivity contribution in [2.45, 2.75) is 44.8 Å². The van der Waals surface area contributed by atoms with Crippen molar-refractivity contribution < 1.29 is 9.47 Å². The third-order valence-corrected chi connectivity index (χ3v) is 2.44. The maximum Gasteiger partial charge on any atom is 0.187 e. The smallest absolute Gasteiger partial charge is 0.187 e. The largest absolute Gasteiger partial charge is 0.350 e. The summed E-state index contributed by atoms with van der Waals surface area (Å²) in [7, 11) is 1.72. The third kappa shape index (κ3) is 3.12. The van der Waals surface area contributed by atoms with Crippen LogP contribution in [0.3, 0.4) is 0 Å². The fourth-order valence-electron chi connectivity index (χ4n) is 1.58. The lowest BCUT2D eigenvalue weighted by atomic mass is 10.0. The summed E-state index contributed by atoms with van der Waals surface area (Å²) in [5.74, 6) is -0.409. The van der Waals surface area contributed by atoms with E-state index in [1.54, 1.807) is 7.11 Å². The van der Waals surface area contributed by atoms with Gasteiger partial charge in [-0.15, -0.1) is 0 Å². The molecule has 1 aliphatic heterocycles. The van der Waals surface area contributed by atoms with Gasteiger partial charge in [0.05, 0.1) is 6.61 Å². The second kappa shape index (κ2) is 5.40. The SMILES string of the molecule is CCCC=CC1(OC)CCCCO1. The lowest BCUT2D eigenvalue weighted by Gasteiger charge is -2.33. The Balaban J connectivity index is 2.47. The summed E-state index contributed by atoms with van der Waals surface area (Å²) in [6.07, 6.45) is 9.87. The molecule has 2 nitrogen and oxygen atoms in total. The van der Waals surface area contributed by atoms with Gasteiger partial charge in [-0.05, 0) is 25.3 Å². The average molecular weight is 184 g/mol. The minimum Gasteiger partial charge on any atom is -0.350 e. The number of hydrogen-bond acceptors (Lipinski definition) is 2. The summed E-state index contributed by atoms with van der Waals surface area (Å²) in [5.41, 5.74) is 0. The lowest BCUT2D eigenvalue weighted by Crippen LogP contribution is -2.36. The molecule has 76 valence electrons. The van der Waals surface area contributed by atoms with Crippen LogP contribution < -0.4 is 0 Å². The fourth-order valence-corrected chi connectivity index (χ4v) is 1.58. The first-order valence-corrected chi connectivity index (χ1v) is 5.20. The summed E-state index contributed by atoms with van der Waals surface area (Å²) in [4.78, 5) is 0. The zero-order chi connectivity index (χ0) is 9.57. The van der Waals surface area contributed by atoms with Crippen LogP contribution in [0.1, 0.15) is 39.0 Å². The molecule has 2 heteroatoms. The Kier molecular flexibility index (Phi) is 4.46. The van der Waals surface area contributed by atoms with Crippen LogP contribution >= 0.6 is 0 Å². The number of methoxy groups -OCH3 is 1. The van der Waals surface area contributed by atoms with Gasteiger partial charge in [-0.3, -0.25) is 0 Å². The average Bonchev–Trinajstić information content (AvgIpc) is 2.20. The van der Waals surface area contributed by atoms with Crippen molar-refractivity contribution >= 4 is 0 Å². The van der Waals surface area contributed by atoms with Crippen molar-refractivity contribution in [3.05, 3.63) is 12.2 Å². The van der Waals surface area contributed by atoms with E-state index >= 15 is 0 Å². The molecule has 1 aliphatic rings. The van der Waals surface area contributed by atoms with Gasteiger partial charge in [-0.1, -0.05) is 19.4 Å². The van der Waals surface area contributed by atoms with E-state index in [2.05, 4.69) is 19.1 Å². The van der Waals surface area contributed by atoms with Gasteiger partial charge < -0.3 is 9.47 Å². The standard InChI is InChI=1S/C11H20O2/c1-3-4-5-8-11(12-2)9-6-7-10-13-11/h5,8H,3-4,6-7,9-10H2,1-2H3. The van der Waals surface area contributed by atoms with Crippen LogP contribution in [0.15, 0.2) is 12.2 Å². The summed E-state index contributed by atoms with van der Waals surface area (Å²) in [5, 5.41) is 0. The quantitative estimate of drug-likeness (QED) is 0.625. The molecular weight excluding hydrogens is 164 g/mol. The van der Waals surface area contributed by atoms with Gasteiger partial charge in [0.2, 0.25) is 0 Å². The van der Waals surface area contributed by atoms with E-state index < -0.39 is 5.79 Å². The van der Waals surface area contributed by atoms with Crippen molar-refractivity contribution in [1.82, 2.24) is 0 Å². The molecule has 0 spiro atoms. The lowest BCUT2D eigenvalue weighted by molar-refractivity contribution is -0.208. The molecule has 0 amide bonds. The van der Waals surface area contributed by atoms with Gasteiger partial charge in [0.1, 0.15) is 0 Å². The Labute approximate surface area is 80.9 Å². The molecule has 0 radical (unpaired) electrons. The normalized spacial score (nSPS) is 29.7. The van der Waals surface area contributed by atoms with E-state index in [0.29, 0.717) is 0 Å². The van der Waals surface area contributed by atoms with Gasteiger partial charge in [0.15, 0.2) is 5.79 Å². The molecule has 0 aromatic rings. The first kappa shape index (κ1) is 10.7. The molecule has 0 aromatic heterocycles. The Morgan fingerprint density at radius 2 is 2.31 bits per heavy atom. The highest BCUT2D eigenvalue weighted by atomic mass is 16.7. The Morgan fingerprint density at radius 1 is 1.46 bits per heavy atom.